The van der Waals surface area contributed by atoms with Gasteiger partial charge in [-0.05, 0) is 24.0 Å². The van der Waals surface area contributed by atoms with E-state index < -0.39 is 0 Å². The molecular formula is C12H10N2OS. The molecule has 0 atom stereocenters. The van der Waals surface area contributed by atoms with Crippen molar-refractivity contribution < 1.29 is 4.74 Å². The van der Waals surface area contributed by atoms with Crippen molar-refractivity contribution in [2.45, 2.75) is 6.92 Å². The molecule has 0 bridgehead atoms. The first-order chi connectivity index (χ1) is 7.86. The smallest absolute Gasteiger partial charge is 0.244 e. The molecule has 0 saturated carbocycles. The fraction of sp³-hybridized carbons (Fsp3) is 0.167. The lowest BCUT2D eigenvalue weighted by Crippen LogP contribution is -1.93. The molecule has 80 valence electrons. The van der Waals surface area contributed by atoms with Crippen molar-refractivity contribution in [3.8, 4) is 22.4 Å². The van der Waals surface area contributed by atoms with E-state index in [-0.39, 0.29) is 0 Å². The normalized spacial score (nSPS) is 9.75. The molecule has 1 aromatic heterocycles. The third-order valence-electron chi connectivity index (χ3n) is 2.09. The Labute approximate surface area is 98.1 Å². The SMILES string of the molecule is CCOc1nsc(-c2ccccc2)c1C#N. The molecule has 1 heterocycles. The summed E-state index contributed by atoms with van der Waals surface area (Å²) >= 11 is 1.30. The van der Waals surface area contributed by atoms with Crippen LogP contribution in [0.3, 0.4) is 0 Å². The number of nitriles is 1. The summed E-state index contributed by atoms with van der Waals surface area (Å²) in [6.07, 6.45) is 0. The molecule has 0 saturated heterocycles. The van der Waals surface area contributed by atoms with Gasteiger partial charge in [0.15, 0.2) is 0 Å². The molecule has 0 aliphatic rings. The summed E-state index contributed by atoms with van der Waals surface area (Å²) in [7, 11) is 0. The Morgan fingerprint density at radius 2 is 2.12 bits per heavy atom. The van der Waals surface area contributed by atoms with Gasteiger partial charge in [0.25, 0.3) is 0 Å². The maximum absolute atomic E-state index is 9.11. The number of rotatable bonds is 3. The first-order valence-corrected chi connectivity index (χ1v) is 5.72. The van der Waals surface area contributed by atoms with Crippen LogP contribution in [-0.2, 0) is 0 Å². The molecule has 0 N–H and O–H groups in total. The third-order valence-corrected chi connectivity index (χ3v) is 2.97. The van der Waals surface area contributed by atoms with Gasteiger partial charge in [-0.15, -0.1) is 0 Å². The van der Waals surface area contributed by atoms with Gasteiger partial charge in [0.1, 0.15) is 11.6 Å². The number of benzene rings is 1. The van der Waals surface area contributed by atoms with Gasteiger partial charge in [-0.1, -0.05) is 30.3 Å². The Balaban J connectivity index is 2.47. The predicted molar refractivity (Wildman–Crippen MR) is 63.4 cm³/mol. The van der Waals surface area contributed by atoms with E-state index in [1.54, 1.807) is 0 Å². The Morgan fingerprint density at radius 1 is 1.38 bits per heavy atom. The van der Waals surface area contributed by atoms with Crippen LogP contribution in [0.15, 0.2) is 30.3 Å². The van der Waals surface area contributed by atoms with Crippen LogP contribution in [0.1, 0.15) is 12.5 Å². The lowest BCUT2D eigenvalue weighted by atomic mass is 10.1. The zero-order chi connectivity index (χ0) is 11.4. The van der Waals surface area contributed by atoms with Crippen LogP contribution in [0.4, 0.5) is 0 Å². The molecule has 0 fully saturated rings. The van der Waals surface area contributed by atoms with Gasteiger partial charge in [-0.2, -0.15) is 9.64 Å². The summed E-state index contributed by atoms with van der Waals surface area (Å²) in [5, 5.41) is 9.11. The van der Waals surface area contributed by atoms with Gasteiger partial charge < -0.3 is 4.74 Å². The Morgan fingerprint density at radius 3 is 2.75 bits per heavy atom. The molecule has 2 rings (SSSR count). The fourth-order valence-electron chi connectivity index (χ4n) is 1.40. The van der Waals surface area contributed by atoms with E-state index in [2.05, 4.69) is 10.4 Å². The van der Waals surface area contributed by atoms with Crippen molar-refractivity contribution in [1.82, 2.24) is 4.37 Å². The monoisotopic (exact) mass is 230 g/mol. The number of hydrogen-bond donors (Lipinski definition) is 0. The highest BCUT2D eigenvalue weighted by Crippen LogP contribution is 2.33. The second kappa shape index (κ2) is 4.77. The van der Waals surface area contributed by atoms with E-state index in [9.17, 15) is 0 Å². The number of aromatic nitrogens is 1. The molecule has 0 amide bonds. The molecule has 2 aromatic rings. The minimum absolute atomic E-state index is 0.439. The van der Waals surface area contributed by atoms with E-state index in [0.29, 0.717) is 18.1 Å². The van der Waals surface area contributed by atoms with E-state index in [1.807, 2.05) is 37.3 Å². The second-order valence-corrected chi connectivity index (χ2v) is 3.88. The maximum atomic E-state index is 9.11. The number of ether oxygens (including phenoxy) is 1. The summed E-state index contributed by atoms with van der Waals surface area (Å²) in [6, 6.07) is 11.9. The first kappa shape index (κ1) is 10.7. The van der Waals surface area contributed by atoms with Crippen LogP contribution in [0, 0.1) is 11.3 Å². The van der Waals surface area contributed by atoms with Crippen molar-refractivity contribution in [3.05, 3.63) is 35.9 Å². The lowest BCUT2D eigenvalue weighted by molar-refractivity contribution is 0.329. The van der Waals surface area contributed by atoms with Crippen molar-refractivity contribution in [3.63, 3.8) is 0 Å². The zero-order valence-electron chi connectivity index (χ0n) is 8.80. The van der Waals surface area contributed by atoms with Gasteiger partial charge in [-0.3, -0.25) is 0 Å². The van der Waals surface area contributed by atoms with Crippen LogP contribution in [0.5, 0.6) is 5.88 Å². The largest absolute Gasteiger partial charge is 0.476 e. The summed E-state index contributed by atoms with van der Waals surface area (Å²) in [5.41, 5.74) is 1.53. The highest BCUT2D eigenvalue weighted by molar-refractivity contribution is 7.10. The van der Waals surface area contributed by atoms with Gasteiger partial charge in [0, 0.05) is 0 Å². The van der Waals surface area contributed by atoms with Gasteiger partial charge in [0.05, 0.1) is 11.5 Å². The van der Waals surface area contributed by atoms with Gasteiger partial charge in [0.2, 0.25) is 5.88 Å². The van der Waals surface area contributed by atoms with Crippen molar-refractivity contribution in [2.24, 2.45) is 0 Å². The predicted octanol–water partition coefficient (Wildman–Crippen LogP) is 3.08. The quantitative estimate of drug-likeness (QED) is 0.814. The Bertz CT molecular complexity index is 514. The summed E-state index contributed by atoms with van der Waals surface area (Å²) in [5.74, 6) is 0.439. The van der Waals surface area contributed by atoms with Crippen LogP contribution in [0.25, 0.3) is 10.4 Å². The van der Waals surface area contributed by atoms with Gasteiger partial charge >= 0.3 is 0 Å². The number of nitrogens with zero attached hydrogens (tertiary/aromatic N) is 2. The summed E-state index contributed by atoms with van der Waals surface area (Å²) in [4.78, 5) is 0.867. The lowest BCUT2D eigenvalue weighted by Gasteiger charge is -1.98. The maximum Gasteiger partial charge on any atom is 0.244 e. The molecule has 0 unspecified atom stereocenters. The van der Waals surface area contributed by atoms with E-state index >= 15 is 0 Å². The topological polar surface area (TPSA) is 45.9 Å². The molecule has 3 nitrogen and oxygen atoms in total. The third kappa shape index (κ3) is 1.90. The number of hydrogen-bond acceptors (Lipinski definition) is 4. The second-order valence-electron chi connectivity index (χ2n) is 3.10. The summed E-state index contributed by atoms with van der Waals surface area (Å²) < 4.78 is 9.46. The van der Waals surface area contributed by atoms with Crippen LogP contribution in [0.2, 0.25) is 0 Å². The van der Waals surface area contributed by atoms with Crippen LogP contribution >= 0.6 is 11.5 Å². The zero-order valence-corrected chi connectivity index (χ0v) is 9.62. The van der Waals surface area contributed by atoms with E-state index in [4.69, 9.17) is 10.00 Å². The molecule has 0 radical (unpaired) electrons. The van der Waals surface area contributed by atoms with Crippen molar-refractivity contribution in [2.75, 3.05) is 6.61 Å². The van der Waals surface area contributed by atoms with E-state index in [0.717, 1.165) is 10.4 Å². The van der Waals surface area contributed by atoms with Gasteiger partial charge in [-0.25, -0.2) is 0 Å². The minimum atomic E-state index is 0.439. The molecular weight excluding hydrogens is 220 g/mol. The van der Waals surface area contributed by atoms with Crippen molar-refractivity contribution >= 4 is 11.5 Å². The van der Waals surface area contributed by atoms with Crippen LogP contribution in [-0.4, -0.2) is 11.0 Å². The average Bonchev–Trinajstić information content (AvgIpc) is 2.73. The van der Waals surface area contributed by atoms with E-state index in [1.165, 1.54) is 11.5 Å². The first-order valence-electron chi connectivity index (χ1n) is 4.94. The highest BCUT2D eigenvalue weighted by Gasteiger charge is 2.15. The Kier molecular flexibility index (Phi) is 3.18. The molecule has 1 aromatic carbocycles. The molecule has 0 aliphatic heterocycles. The minimum Gasteiger partial charge on any atom is -0.476 e. The molecule has 4 heteroatoms. The Hall–Kier alpha value is -1.86. The van der Waals surface area contributed by atoms with Crippen molar-refractivity contribution in [1.29, 1.82) is 5.26 Å². The van der Waals surface area contributed by atoms with Crippen LogP contribution < -0.4 is 4.74 Å². The molecule has 0 aliphatic carbocycles. The summed E-state index contributed by atoms with van der Waals surface area (Å²) in [6.45, 7) is 2.40. The highest BCUT2D eigenvalue weighted by atomic mass is 32.1. The fourth-order valence-corrected chi connectivity index (χ4v) is 2.18. The standard InChI is InChI=1S/C12H10N2OS/c1-2-15-12-10(8-13)11(16-14-12)9-6-4-3-5-7-9/h3-7H,2H2,1H3. The molecule has 0 spiro atoms. The average molecular weight is 230 g/mol. The molecule has 16 heavy (non-hydrogen) atoms.